The highest BCUT2D eigenvalue weighted by molar-refractivity contribution is 5.92. The van der Waals surface area contributed by atoms with E-state index >= 15 is 0 Å². The molecular weight excluding hydrogens is 266 g/mol. The molecule has 0 aliphatic carbocycles. The molecule has 116 valence electrons. The summed E-state index contributed by atoms with van der Waals surface area (Å²) < 4.78 is 5.17. The molecule has 1 amide bonds. The zero-order valence-corrected chi connectivity index (χ0v) is 13.5. The topological polar surface area (TPSA) is 55.4 Å². The van der Waals surface area contributed by atoms with Gasteiger partial charge >= 0.3 is 5.97 Å². The van der Waals surface area contributed by atoms with Crippen molar-refractivity contribution in [2.45, 2.75) is 59.0 Å². The average molecular weight is 291 g/mol. The number of ether oxygens (including phenoxy) is 1. The van der Waals surface area contributed by atoms with Gasteiger partial charge in [-0.25, -0.2) is 0 Å². The van der Waals surface area contributed by atoms with Crippen LogP contribution in [0.25, 0.3) is 0 Å². The normalized spacial score (nSPS) is 11.3. The fraction of sp³-hybridized carbons (Fsp3) is 0.529. The standard InChI is InChI=1S/C17H25NO3/c1-12(2)13-7-6-8-14(11-13)18-15(19)9-10-16(20)21-17(3,4)5/h6-8,11-12H,9-10H2,1-5H3,(H,18,19). The minimum absolute atomic E-state index is 0.0903. The largest absolute Gasteiger partial charge is 0.460 e. The van der Waals surface area contributed by atoms with Gasteiger partial charge in [-0.3, -0.25) is 9.59 Å². The lowest BCUT2D eigenvalue weighted by Gasteiger charge is -2.19. The Morgan fingerprint density at radius 3 is 2.43 bits per heavy atom. The van der Waals surface area contributed by atoms with E-state index < -0.39 is 5.60 Å². The van der Waals surface area contributed by atoms with Gasteiger partial charge in [0.15, 0.2) is 0 Å². The molecule has 4 heteroatoms. The van der Waals surface area contributed by atoms with Gasteiger partial charge in [0.2, 0.25) is 5.91 Å². The van der Waals surface area contributed by atoms with Gasteiger partial charge in [0.25, 0.3) is 0 Å². The van der Waals surface area contributed by atoms with Crippen molar-refractivity contribution in [3.63, 3.8) is 0 Å². The molecule has 0 atom stereocenters. The predicted octanol–water partition coefficient (Wildman–Crippen LogP) is 3.87. The molecule has 0 radical (unpaired) electrons. The van der Waals surface area contributed by atoms with E-state index in [9.17, 15) is 9.59 Å². The van der Waals surface area contributed by atoms with Crippen LogP contribution in [0.2, 0.25) is 0 Å². The molecule has 1 rings (SSSR count). The molecule has 1 N–H and O–H groups in total. The second-order valence-corrected chi connectivity index (χ2v) is 6.41. The lowest BCUT2D eigenvalue weighted by Crippen LogP contribution is -2.24. The summed E-state index contributed by atoms with van der Waals surface area (Å²) in [6, 6.07) is 7.74. The van der Waals surface area contributed by atoms with Crippen LogP contribution in [-0.4, -0.2) is 17.5 Å². The van der Waals surface area contributed by atoms with Crippen molar-refractivity contribution in [1.29, 1.82) is 0 Å². The highest BCUT2D eigenvalue weighted by Crippen LogP contribution is 2.18. The Labute approximate surface area is 126 Å². The van der Waals surface area contributed by atoms with Gasteiger partial charge in [0.1, 0.15) is 5.60 Å². The summed E-state index contributed by atoms with van der Waals surface area (Å²) in [5, 5.41) is 2.81. The first-order valence-corrected chi connectivity index (χ1v) is 7.29. The number of benzene rings is 1. The van der Waals surface area contributed by atoms with E-state index in [1.54, 1.807) is 0 Å². The van der Waals surface area contributed by atoms with Gasteiger partial charge in [-0.1, -0.05) is 26.0 Å². The van der Waals surface area contributed by atoms with Gasteiger partial charge in [-0.15, -0.1) is 0 Å². The maximum atomic E-state index is 11.8. The van der Waals surface area contributed by atoms with Crippen molar-refractivity contribution >= 4 is 17.6 Å². The van der Waals surface area contributed by atoms with E-state index in [2.05, 4.69) is 19.2 Å². The highest BCUT2D eigenvalue weighted by atomic mass is 16.6. The molecule has 4 nitrogen and oxygen atoms in total. The first-order chi connectivity index (χ1) is 9.67. The molecule has 1 aromatic rings. The number of rotatable bonds is 5. The third kappa shape index (κ3) is 6.93. The van der Waals surface area contributed by atoms with Crippen LogP contribution < -0.4 is 5.32 Å². The summed E-state index contributed by atoms with van der Waals surface area (Å²) in [5.74, 6) is -0.126. The van der Waals surface area contributed by atoms with E-state index in [0.29, 0.717) is 5.92 Å². The summed E-state index contributed by atoms with van der Waals surface area (Å²) in [7, 11) is 0. The third-order valence-corrected chi connectivity index (χ3v) is 2.81. The van der Waals surface area contributed by atoms with E-state index in [4.69, 9.17) is 4.74 Å². The first-order valence-electron chi connectivity index (χ1n) is 7.29. The van der Waals surface area contributed by atoms with Crippen LogP contribution in [0.5, 0.6) is 0 Å². The molecule has 0 heterocycles. The van der Waals surface area contributed by atoms with E-state index in [1.807, 2.05) is 45.0 Å². The SMILES string of the molecule is CC(C)c1cccc(NC(=O)CCC(=O)OC(C)(C)C)c1. The molecule has 0 unspecified atom stereocenters. The Bertz CT molecular complexity index is 501. The van der Waals surface area contributed by atoms with Crippen molar-refractivity contribution in [2.24, 2.45) is 0 Å². The number of anilines is 1. The summed E-state index contributed by atoms with van der Waals surface area (Å²) in [6.07, 6.45) is 0.216. The average Bonchev–Trinajstić information content (AvgIpc) is 2.34. The maximum absolute atomic E-state index is 11.8. The molecule has 21 heavy (non-hydrogen) atoms. The van der Waals surface area contributed by atoms with Crippen LogP contribution in [0, 0.1) is 0 Å². The Morgan fingerprint density at radius 1 is 1.19 bits per heavy atom. The monoisotopic (exact) mass is 291 g/mol. The number of amides is 1. The number of esters is 1. The van der Waals surface area contributed by atoms with Crippen molar-refractivity contribution in [3.05, 3.63) is 29.8 Å². The van der Waals surface area contributed by atoms with Crippen LogP contribution in [0.4, 0.5) is 5.69 Å². The van der Waals surface area contributed by atoms with Gasteiger partial charge in [0, 0.05) is 12.1 Å². The fourth-order valence-electron chi connectivity index (χ4n) is 1.81. The summed E-state index contributed by atoms with van der Waals surface area (Å²) in [4.78, 5) is 23.4. The van der Waals surface area contributed by atoms with Crippen LogP contribution in [-0.2, 0) is 14.3 Å². The molecular formula is C17H25NO3. The minimum atomic E-state index is -0.515. The van der Waals surface area contributed by atoms with Crippen LogP contribution >= 0.6 is 0 Å². The van der Waals surface area contributed by atoms with Crippen molar-refractivity contribution in [2.75, 3.05) is 5.32 Å². The zero-order valence-electron chi connectivity index (χ0n) is 13.5. The van der Waals surface area contributed by atoms with Gasteiger partial charge in [-0.2, -0.15) is 0 Å². The van der Waals surface area contributed by atoms with Crippen molar-refractivity contribution in [1.82, 2.24) is 0 Å². The smallest absolute Gasteiger partial charge is 0.306 e. The second kappa shape index (κ2) is 7.25. The molecule has 0 aliphatic rings. The third-order valence-electron chi connectivity index (χ3n) is 2.81. The molecule has 0 fully saturated rings. The van der Waals surface area contributed by atoms with Gasteiger partial charge in [-0.05, 0) is 44.4 Å². The number of hydrogen-bond acceptors (Lipinski definition) is 3. The highest BCUT2D eigenvalue weighted by Gasteiger charge is 2.17. The lowest BCUT2D eigenvalue weighted by atomic mass is 10.0. The van der Waals surface area contributed by atoms with Crippen LogP contribution in [0.15, 0.2) is 24.3 Å². The molecule has 1 aromatic carbocycles. The van der Waals surface area contributed by atoms with Crippen molar-refractivity contribution < 1.29 is 14.3 Å². The Morgan fingerprint density at radius 2 is 1.86 bits per heavy atom. The summed E-state index contributed by atoms with van der Waals surface area (Å²) in [6.45, 7) is 9.63. The van der Waals surface area contributed by atoms with Gasteiger partial charge in [0.05, 0.1) is 6.42 Å². The molecule has 0 saturated heterocycles. The molecule has 0 aliphatic heterocycles. The number of nitrogens with one attached hydrogen (secondary N) is 1. The number of carbonyl (C=O) groups is 2. The maximum Gasteiger partial charge on any atom is 0.306 e. The Balaban J connectivity index is 2.47. The molecule has 0 saturated carbocycles. The fourth-order valence-corrected chi connectivity index (χ4v) is 1.81. The van der Waals surface area contributed by atoms with Crippen LogP contribution in [0.3, 0.4) is 0 Å². The van der Waals surface area contributed by atoms with Crippen molar-refractivity contribution in [3.8, 4) is 0 Å². The lowest BCUT2D eigenvalue weighted by molar-refractivity contribution is -0.155. The quantitative estimate of drug-likeness (QED) is 0.838. The van der Waals surface area contributed by atoms with E-state index in [1.165, 1.54) is 5.56 Å². The van der Waals surface area contributed by atoms with E-state index in [-0.39, 0.29) is 24.7 Å². The molecule has 0 bridgehead atoms. The summed E-state index contributed by atoms with van der Waals surface area (Å²) in [5.41, 5.74) is 1.41. The molecule has 0 spiro atoms. The Hall–Kier alpha value is -1.84. The minimum Gasteiger partial charge on any atom is -0.460 e. The number of hydrogen-bond donors (Lipinski definition) is 1. The van der Waals surface area contributed by atoms with Crippen LogP contribution in [0.1, 0.15) is 58.9 Å². The molecule has 0 aromatic heterocycles. The zero-order chi connectivity index (χ0) is 16.0. The Kier molecular flexibility index (Phi) is 5.94. The number of carbonyl (C=O) groups excluding carboxylic acids is 2. The summed E-state index contributed by atoms with van der Waals surface area (Å²) >= 11 is 0. The first kappa shape index (κ1) is 17.2. The van der Waals surface area contributed by atoms with Gasteiger partial charge < -0.3 is 10.1 Å². The predicted molar refractivity (Wildman–Crippen MR) is 84.2 cm³/mol. The van der Waals surface area contributed by atoms with E-state index in [0.717, 1.165) is 5.69 Å². The second-order valence-electron chi connectivity index (χ2n) is 6.41.